The molecule has 0 aliphatic carbocycles. The smallest absolute Gasteiger partial charge is 0.313 e. The van der Waals surface area contributed by atoms with Crippen LogP contribution in [0.1, 0.15) is 11.1 Å². The Bertz CT molecular complexity index is 514. The molecule has 1 aromatic carbocycles. The topological polar surface area (TPSA) is 88.7 Å². The number of hydrogen-bond acceptors (Lipinski definition) is 6. The molecule has 2 N–H and O–H groups in total. The van der Waals surface area contributed by atoms with Crippen LogP contribution in [-0.2, 0) is 5.75 Å². The Morgan fingerprint density at radius 3 is 2.62 bits per heavy atom. The zero-order chi connectivity index (χ0) is 11.4. The van der Waals surface area contributed by atoms with Gasteiger partial charge in [-0.3, -0.25) is 0 Å². The van der Waals surface area contributed by atoms with Crippen LogP contribution in [0.2, 0.25) is 0 Å². The van der Waals surface area contributed by atoms with Gasteiger partial charge in [-0.05, 0) is 17.7 Å². The third-order valence-corrected chi connectivity index (χ3v) is 2.76. The van der Waals surface area contributed by atoms with E-state index in [9.17, 15) is 0 Å². The molecule has 0 fully saturated rings. The number of anilines is 1. The lowest BCUT2D eigenvalue weighted by atomic mass is 10.2. The standard InChI is InChI=1S/C10H8N4OS/c11-5-7-1-3-8(4-2-7)6-16-10-14-13-9(12)15-10/h1-4H,6H2,(H2,12,13). The van der Waals surface area contributed by atoms with Gasteiger partial charge in [0.2, 0.25) is 0 Å². The Hall–Kier alpha value is -2.00. The zero-order valence-electron chi connectivity index (χ0n) is 8.25. The predicted molar refractivity (Wildman–Crippen MR) is 59.4 cm³/mol. The molecule has 2 aromatic rings. The lowest BCUT2D eigenvalue weighted by molar-refractivity contribution is 0.470. The molecule has 0 aliphatic rings. The maximum Gasteiger partial charge on any atom is 0.313 e. The molecule has 0 saturated heterocycles. The minimum Gasteiger partial charge on any atom is -0.398 e. The summed E-state index contributed by atoms with van der Waals surface area (Å²) in [6.07, 6.45) is 0. The number of nitrogens with zero attached hydrogens (tertiary/aromatic N) is 3. The Labute approximate surface area is 96.3 Å². The van der Waals surface area contributed by atoms with Crippen molar-refractivity contribution in [1.82, 2.24) is 10.2 Å². The first kappa shape index (κ1) is 10.5. The molecule has 80 valence electrons. The molecule has 5 nitrogen and oxygen atoms in total. The van der Waals surface area contributed by atoms with Crippen molar-refractivity contribution in [3.8, 4) is 6.07 Å². The van der Waals surface area contributed by atoms with Gasteiger partial charge in [0.1, 0.15) is 0 Å². The van der Waals surface area contributed by atoms with E-state index in [1.54, 1.807) is 12.1 Å². The Morgan fingerprint density at radius 1 is 1.31 bits per heavy atom. The molecule has 0 radical (unpaired) electrons. The fraction of sp³-hybridized carbons (Fsp3) is 0.100. The van der Waals surface area contributed by atoms with Gasteiger partial charge < -0.3 is 10.2 Å². The van der Waals surface area contributed by atoms with E-state index in [2.05, 4.69) is 16.3 Å². The van der Waals surface area contributed by atoms with Gasteiger partial charge in [-0.25, -0.2) is 0 Å². The van der Waals surface area contributed by atoms with Gasteiger partial charge in [0.25, 0.3) is 5.22 Å². The molecular formula is C10H8N4OS. The van der Waals surface area contributed by atoms with Crippen LogP contribution in [0.4, 0.5) is 6.01 Å². The van der Waals surface area contributed by atoms with Crippen molar-refractivity contribution < 1.29 is 4.42 Å². The van der Waals surface area contributed by atoms with Crippen molar-refractivity contribution in [2.24, 2.45) is 0 Å². The van der Waals surface area contributed by atoms with Gasteiger partial charge in [0, 0.05) is 5.75 Å². The van der Waals surface area contributed by atoms with E-state index in [0.717, 1.165) is 5.56 Å². The van der Waals surface area contributed by atoms with Crippen molar-refractivity contribution in [3.05, 3.63) is 35.4 Å². The molecule has 0 spiro atoms. The highest BCUT2D eigenvalue weighted by atomic mass is 32.2. The van der Waals surface area contributed by atoms with Gasteiger partial charge in [0.15, 0.2) is 0 Å². The van der Waals surface area contributed by atoms with Crippen LogP contribution in [0.5, 0.6) is 0 Å². The lowest BCUT2D eigenvalue weighted by Gasteiger charge is -1.97. The third kappa shape index (κ3) is 2.52. The van der Waals surface area contributed by atoms with Crippen molar-refractivity contribution in [3.63, 3.8) is 0 Å². The van der Waals surface area contributed by atoms with Crippen molar-refractivity contribution >= 4 is 17.8 Å². The van der Waals surface area contributed by atoms with Crippen LogP contribution in [0.25, 0.3) is 0 Å². The monoisotopic (exact) mass is 232 g/mol. The highest BCUT2D eigenvalue weighted by Gasteiger charge is 2.03. The molecule has 6 heteroatoms. The highest BCUT2D eigenvalue weighted by Crippen LogP contribution is 2.21. The van der Waals surface area contributed by atoms with Crippen LogP contribution in [0.15, 0.2) is 33.9 Å². The van der Waals surface area contributed by atoms with Crippen LogP contribution in [0.3, 0.4) is 0 Å². The van der Waals surface area contributed by atoms with Crippen molar-refractivity contribution in [2.75, 3.05) is 5.73 Å². The predicted octanol–water partition coefficient (Wildman–Crippen LogP) is 1.82. The van der Waals surface area contributed by atoms with Gasteiger partial charge in [-0.1, -0.05) is 34.1 Å². The average molecular weight is 232 g/mol. The molecule has 1 aromatic heterocycles. The van der Waals surface area contributed by atoms with Crippen molar-refractivity contribution in [1.29, 1.82) is 5.26 Å². The van der Waals surface area contributed by atoms with E-state index in [-0.39, 0.29) is 6.01 Å². The minimum absolute atomic E-state index is 0.0716. The van der Waals surface area contributed by atoms with Crippen molar-refractivity contribution in [2.45, 2.75) is 11.0 Å². The summed E-state index contributed by atoms with van der Waals surface area (Å²) in [4.78, 5) is 0. The molecule has 2 rings (SSSR count). The van der Waals surface area contributed by atoms with E-state index >= 15 is 0 Å². The number of nitrogens with two attached hydrogens (primary N) is 1. The summed E-state index contributed by atoms with van der Waals surface area (Å²) in [5, 5.41) is 16.4. The lowest BCUT2D eigenvalue weighted by Crippen LogP contribution is -1.81. The first-order valence-corrected chi connectivity index (χ1v) is 5.47. The largest absolute Gasteiger partial charge is 0.398 e. The SMILES string of the molecule is N#Cc1ccc(CSc2nnc(N)o2)cc1. The normalized spacial score (nSPS) is 9.94. The Morgan fingerprint density at radius 2 is 2.06 bits per heavy atom. The molecule has 0 bridgehead atoms. The molecule has 0 amide bonds. The van der Waals surface area contributed by atoms with E-state index in [1.807, 2.05) is 12.1 Å². The maximum absolute atomic E-state index is 8.64. The third-order valence-electron chi connectivity index (χ3n) is 1.87. The Kier molecular flexibility index (Phi) is 3.08. The second-order valence-corrected chi connectivity index (χ2v) is 3.93. The summed E-state index contributed by atoms with van der Waals surface area (Å²) in [5.74, 6) is 0.702. The van der Waals surface area contributed by atoms with Gasteiger partial charge >= 0.3 is 6.01 Å². The summed E-state index contributed by atoms with van der Waals surface area (Å²) in [6, 6.07) is 9.48. The number of rotatable bonds is 3. The molecule has 0 atom stereocenters. The summed E-state index contributed by atoms with van der Waals surface area (Å²) in [7, 11) is 0. The van der Waals surface area contributed by atoms with E-state index in [0.29, 0.717) is 16.5 Å². The highest BCUT2D eigenvalue weighted by molar-refractivity contribution is 7.98. The average Bonchev–Trinajstić information content (AvgIpc) is 2.73. The van der Waals surface area contributed by atoms with Crippen LogP contribution in [-0.4, -0.2) is 10.2 Å². The maximum atomic E-state index is 8.64. The number of hydrogen-bond donors (Lipinski definition) is 1. The fourth-order valence-electron chi connectivity index (χ4n) is 1.10. The van der Waals surface area contributed by atoms with Gasteiger partial charge in [-0.15, -0.1) is 0 Å². The number of nitriles is 1. The Balaban J connectivity index is 1.97. The van der Waals surface area contributed by atoms with E-state index in [4.69, 9.17) is 15.4 Å². The fourth-order valence-corrected chi connectivity index (χ4v) is 1.82. The van der Waals surface area contributed by atoms with E-state index in [1.165, 1.54) is 11.8 Å². The van der Waals surface area contributed by atoms with Crippen LogP contribution >= 0.6 is 11.8 Å². The summed E-state index contributed by atoms with van der Waals surface area (Å²) >= 11 is 1.40. The van der Waals surface area contributed by atoms with Crippen LogP contribution < -0.4 is 5.73 Å². The number of aromatic nitrogens is 2. The minimum atomic E-state index is 0.0716. The molecule has 16 heavy (non-hydrogen) atoms. The first-order chi connectivity index (χ1) is 7.78. The number of nitrogen functional groups attached to an aromatic ring is 1. The number of benzene rings is 1. The molecule has 0 unspecified atom stereocenters. The second kappa shape index (κ2) is 4.68. The quantitative estimate of drug-likeness (QED) is 0.812. The number of thioether (sulfide) groups is 1. The van der Waals surface area contributed by atoms with Crippen LogP contribution in [0, 0.1) is 11.3 Å². The zero-order valence-corrected chi connectivity index (χ0v) is 9.07. The summed E-state index contributed by atoms with van der Waals surface area (Å²) in [5.41, 5.74) is 7.03. The molecule has 0 saturated carbocycles. The summed E-state index contributed by atoms with van der Waals surface area (Å²) < 4.78 is 5.02. The van der Waals surface area contributed by atoms with Gasteiger partial charge in [-0.2, -0.15) is 5.26 Å². The summed E-state index contributed by atoms with van der Waals surface area (Å²) in [6.45, 7) is 0. The molecular weight excluding hydrogens is 224 g/mol. The molecule has 1 heterocycles. The first-order valence-electron chi connectivity index (χ1n) is 4.49. The molecule has 0 aliphatic heterocycles. The van der Waals surface area contributed by atoms with E-state index < -0.39 is 0 Å². The van der Waals surface area contributed by atoms with Gasteiger partial charge in [0.05, 0.1) is 11.6 Å². The second-order valence-electron chi connectivity index (χ2n) is 3.00.